The SMILES string of the molecule is CC1(C)c2cc(-c3ccc4cccc5c4c3-c3ccccc3O5)ccc2-c2c1ccc1ccccc21. The fourth-order valence-corrected chi connectivity index (χ4v) is 6.51. The van der Waals surface area contributed by atoms with Crippen molar-refractivity contribution in [3.8, 4) is 44.9 Å². The molecule has 0 N–H and O–H groups in total. The van der Waals surface area contributed by atoms with Crippen LogP contribution in [0, 0.1) is 0 Å². The third-order valence-corrected chi connectivity index (χ3v) is 8.26. The van der Waals surface area contributed by atoms with Gasteiger partial charge in [0, 0.05) is 21.9 Å². The first-order chi connectivity index (χ1) is 17.6. The third-order valence-electron chi connectivity index (χ3n) is 8.26. The number of hydrogen-bond donors (Lipinski definition) is 0. The maximum absolute atomic E-state index is 6.33. The van der Waals surface area contributed by atoms with Crippen LogP contribution in [-0.4, -0.2) is 0 Å². The highest BCUT2D eigenvalue weighted by Gasteiger charge is 2.37. The van der Waals surface area contributed by atoms with Crippen molar-refractivity contribution in [3.05, 3.63) is 120 Å². The predicted octanol–water partition coefficient (Wildman–Crippen LogP) is 9.74. The van der Waals surface area contributed by atoms with Crippen molar-refractivity contribution in [3.63, 3.8) is 0 Å². The van der Waals surface area contributed by atoms with Gasteiger partial charge in [-0.2, -0.15) is 0 Å². The average Bonchev–Trinajstić information content (AvgIpc) is 3.15. The Morgan fingerprint density at radius 3 is 2.22 bits per heavy atom. The Kier molecular flexibility index (Phi) is 3.79. The van der Waals surface area contributed by atoms with Crippen molar-refractivity contribution in [1.29, 1.82) is 0 Å². The Labute approximate surface area is 210 Å². The summed E-state index contributed by atoms with van der Waals surface area (Å²) in [5.41, 5.74) is 10.4. The minimum absolute atomic E-state index is 0.0645. The molecule has 0 saturated carbocycles. The van der Waals surface area contributed by atoms with Gasteiger partial charge < -0.3 is 4.74 Å². The first-order valence-electron chi connectivity index (χ1n) is 12.6. The number of benzene rings is 6. The summed E-state index contributed by atoms with van der Waals surface area (Å²) in [7, 11) is 0. The largest absolute Gasteiger partial charge is 0.456 e. The number of fused-ring (bicyclic) bond motifs is 7. The van der Waals surface area contributed by atoms with Gasteiger partial charge in [-0.1, -0.05) is 105 Å². The summed E-state index contributed by atoms with van der Waals surface area (Å²) in [6, 6.07) is 39.7. The summed E-state index contributed by atoms with van der Waals surface area (Å²) in [6.45, 7) is 4.73. The summed E-state index contributed by atoms with van der Waals surface area (Å²) in [6.07, 6.45) is 0. The molecule has 1 aliphatic heterocycles. The molecule has 6 aromatic carbocycles. The summed E-state index contributed by atoms with van der Waals surface area (Å²) in [5, 5.41) is 5.04. The van der Waals surface area contributed by atoms with Crippen molar-refractivity contribution in [2.45, 2.75) is 19.3 Å². The molecule has 0 bridgehead atoms. The Morgan fingerprint density at radius 1 is 0.528 bits per heavy atom. The Morgan fingerprint density at radius 2 is 1.28 bits per heavy atom. The lowest BCUT2D eigenvalue weighted by atomic mass is 9.80. The standard InChI is InChI=1S/C35H24O/c1-35(2)28-19-16-21-8-3-4-10-24(21)33(28)26-18-15-23(20-29(26)35)25-17-14-22-9-7-13-31-32(22)34(25)27-11-5-6-12-30(27)36-31/h3-20H,1-2H3. The van der Waals surface area contributed by atoms with Gasteiger partial charge in [0.1, 0.15) is 11.5 Å². The lowest BCUT2D eigenvalue weighted by Crippen LogP contribution is -2.15. The van der Waals surface area contributed by atoms with E-state index in [-0.39, 0.29) is 5.41 Å². The van der Waals surface area contributed by atoms with E-state index in [1.165, 1.54) is 60.5 Å². The molecule has 0 unspecified atom stereocenters. The quantitative estimate of drug-likeness (QED) is 0.237. The highest BCUT2D eigenvalue weighted by Crippen LogP contribution is 2.54. The zero-order chi connectivity index (χ0) is 24.0. The highest BCUT2D eigenvalue weighted by atomic mass is 16.5. The molecule has 0 saturated heterocycles. The van der Waals surface area contributed by atoms with E-state index < -0.39 is 0 Å². The fraction of sp³-hybridized carbons (Fsp3) is 0.0857. The predicted molar refractivity (Wildman–Crippen MR) is 150 cm³/mol. The van der Waals surface area contributed by atoms with E-state index in [2.05, 4.69) is 117 Å². The molecular formula is C35H24O. The number of ether oxygens (including phenoxy) is 1. The van der Waals surface area contributed by atoms with E-state index in [1.54, 1.807) is 0 Å². The molecular weight excluding hydrogens is 436 g/mol. The molecule has 1 heteroatoms. The van der Waals surface area contributed by atoms with Crippen LogP contribution in [0.1, 0.15) is 25.0 Å². The molecule has 36 heavy (non-hydrogen) atoms. The second-order valence-electron chi connectivity index (χ2n) is 10.5. The van der Waals surface area contributed by atoms with Gasteiger partial charge in [0.25, 0.3) is 0 Å². The lowest BCUT2D eigenvalue weighted by molar-refractivity contribution is 0.487. The Balaban J connectivity index is 1.42. The average molecular weight is 461 g/mol. The van der Waals surface area contributed by atoms with Gasteiger partial charge in [-0.05, 0) is 67.7 Å². The molecule has 170 valence electrons. The van der Waals surface area contributed by atoms with Crippen molar-refractivity contribution in [2.75, 3.05) is 0 Å². The molecule has 1 nitrogen and oxygen atoms in total. The fourth-order valence-electron chi connectivity index (χ4n) is 6.51. The Hall–Kier alpha value is -4.36. The van der Waals surface area contributed by atoms with Crippen molar-refractivity contribution in [1.82, 2.24) is 0 Å². The zero-order valence-corrected chi connectivity index (χ0v) is 20.3. The van der Waals surface area contributed by atoms with Gasteiger partial charge in [0.05, 0.1) is 0 Å². The van der Waals surface area contributed by atoms with Gasteiger partial charge in [0.2, 0.25) is 0 Å². The van der Waals surface area contributed by atoms with Crippen LogP contribution < -0.4 is 4.74 Å². The van der Waals surface area contributed by atoms with Gasteiger partial charge in [-0.3, -0.25) is 0 Å². The van der Waals surface area contributed by atoms with E-state index >= 15 is 0 Å². The van der Waals surface area contributed by atoms with E-state index in [1.807, 2.05) is 6.07 Å². The van der Waals surface area contributed by atoms with Gasteiger partial charge >= 0.3 is 0 Å². The second kappa shape index (κ2) is 6.86. The highest BCUT2D eigenvalue weighted by molar-refractivity contribution is 6.10. The summed E-state index contributed by atoms with van der Waals surface area (Å²) in [5.74, 6) is 1.86. The topological polar surface area (TPSA) is 9.23 Å². The first-order valence-corrected chi connectivity index (χ1v) is 12.6. The molecule has 8 rings (SSSR count). The van der Waals surface area contributed by atoms with Gasteiger partial charge in [-0.25, -0.2) is 0 Å². The van der Waals surface area contributed by atoms with Crippen LogP contribution in [0.4, 0.5) is 0 Å². The van der Waals surface area contributed by atoms with Crippen LogP contribution in [-0.2, 0) is 5.41 Å². The minimum atomic E-state index is -0.0645. The second-order valence-corrected chi connectivity index (χ2v) is 10.5. The molecule has 0 spiro atoms. The molecule has 1 aliphatic carbocycles. The maximum Gasteiger partial charge on any atom is 0.135 e. The van der Waals surface area contributed by atoms with Crippen molar-refractivity contribution in [2.24, 2.45) is 0 Å². The first kappa shape index (κ1) is 19.9. The normalized spacial score (nSPS) is 14.3. The monoisotopic (exact) mass is 460 g/mol. The van der Waals surface area contributed by atoms with Crippen molar-refractivity contribution < 1.29 is 4.74 Å². The zero-order valence-electron chi connectivity index (χ0n) is 20.3. The summed E-state index contributed by atoms with van der Waals surface area (Å²) >= 11 is 0. The lowest BCUT2D eigenvalue weighted by Gasteiger charge is -2.25. The number of para-hydroxylation sites is 1. The van der Waals surface area contributed by atoms with E-state index in [0.717, 1.165) is 17.1 Å². The molecule has 0 atom stereocenters. The molecule has 2 aliphatic rings. The van der Waals surface area contributed by atoms with Crippen LogP contribution in [0.15, 0.2) is 109 Å². The van der Waals surface area contributed by atoms with Gasteiger partial charge in [0.15, 0.2) is 0 Å². The summed E-state index contributed by atoms with van der Waals surface area (Å²) in [4.78, 5) is 0. The number of rotatable bonds is 1. The van der Waals surface area contributed by atoms with E-state index in [0.29, 0.717) is 0 Å². The molecule has 0 amide bonds. The molecule has 0 aromatic heterocycles. The van der Waals surface area contributed by atoms with Crippen LogP contribution in [0.25, 0.3) is 54.9 Å². The van der Waals surface area contributed by atoms with E-state index in [9.17, 15) is 0 Å². The summed E-state index contributed by atoms with van der Waals surface area (Å²) < 4.78 is 6.33. The third kappa shape index (κ3) is 2.50. The molecule has 0 radical (unpaired) electrons. The van der Waals surface area contributed by atoms with Crippen LogP contribution in [0.3, 0.4) is 0 Å². The Bertz CT molecular complexity index is 1890. The van der Waals surface area contributed by atoms with Crippen LogP contribution in [0.5, 0.6) is 11.5 Å². The van der Waals surface area contributed by atoms with Crippen molar-refractivity contribution >= 4 is 21.5 Å². The van der Waals surface area contributed by atoms with E-state index in [4.69, 9.17) is 4.74 Å². The van der Waals surface area contributed by atoms with Gasteiger partial charge in [-0.15, -0.1) is 0 Å². The number of hydrogen-bond acceptors (Lipinski definition) is 1. The molecule has 6 aromatic rings. The van der Waals surface area contributed by atoms with Crippen LogP contribution in [0.2, 0.25) is 0 Å². The molecule has 1 heterocycles. The smallest absolute Gasteiger partial charge is 0.135 e. The maximum atomic E-state index is 6.33. The molecule has 0 fully saturated rings. The van der Waals surface area contributed by atoms with Crippen LogP contribution >= 0.6 is 0 Å². The minimum Gasteiger partial charge on any atom is -0.456 e.